The van der Waals surface area contributed by atoms with Gasteiger partial charge in [0.1, 0.15) is 0 Å². The molecule has 10 heteroatoms. The zero-order valence-electron chi connectivity index (χ0n) is 14.7. The molecule has 4 N–H and O–H groups in total. The van der Waals surface area contributed by atoms with Crippen molar-refractivity contribution in [1.29, 1.82) is 0 Å². The Hall–Kier alpha value is -2.30. The highest BCUT2D eigenvalue weighted by Crippen LogP contribution is 2.37. The summed E-state index contributed by atoms with van der Waals surface area (Å²) in [7, 11) is -3.84. The van der Waals surface area contributed by atoms with Crippen molar-refractivity contribution in [3.05, 3.63) is 36.0 Å². The van der Waals surface area contributed by atoms with Crippen LogP contribution in [0.4, 0.5) is 5.69 Å². The maximum Gasteiger partial charge on any atom is 0.238 e. The molecule has 27 heavy (non-hydrogen) atoms. The number of carbonyl (C=O) groups is 1. The molecule has 4 rings (SSSR count). The Bertz CT molecular complexity index is 981. The lowest BCUT2D eigenvalue weighted by atomic mass is 9.98. The maximum absolute atomic E-state index is 12.5. The van der Waals surface area contributed by atoms with E-state index in [0.717, 1.165) is 25.7 Å². The van der Waals surface area contributed by atoms with Crippen LogP contribution in [0, 0.1) is 0 Å². The third-order valence-corrected chi connectivity index (χ3v) is 6.23. The molecule has 2 aromatic rings. The van der Waals surface area contributed by atoms with Crippen molar-refractivity contribution in [3.8, 4) is 0 Å². The van der Waals surface area contributed by atoms with E-state index in [9.17, 15) is 13.2 Å². The van der Waals surface area contributed by atoms with Gasteiger partial charge in [-0.1, -0.05) is 24.1 Å². The number of amides is 1. The van der Waals surface area contributed by atoms with Gasteiger partial charge in [-0.25, -0.2) is 13.6 Å². The molecular weight excluding hydrogens is 370 g/mol. The highest BCUT2D eigenvalue weighted by Gasteiger charge is 2.39. The largest absolute Gasteiger partial charge is 0.339 e. The van der Waals surface area contributed by atoms with E-state index < -0.39 is 15.6 Å². The molecule has 1 unspecified atom stereocenters. The molecule has 1 atom stereocenters. The zero-order valence-corrected chi connectivity index (χ0v) is 15.5. The van der Waals surface area contributed by atoms with Crippen LogP contribution >= 0.6 is 0 Å². The van der Waals surface area contributed by atoms with Crippen molar-refractivity contribution in [3.63, 3.8) is 0 Å². The molecule has 9 nitrogen and oxygen atoms in total. The zero-order chi connectivity index (χ0) is 19.2. The Balaban J connectivity index is 1.56. The fraction of sp³-hybridized carbons (Fsp3) is 0.471. The van der Waals surface area contributed by atoms with Gasteiger partial charge < -0.3 is 15.2 Å². The number of rotatable bonds is 4. The summed E-state index contributed by atoms with van der Waals surface area (Å²) in [6.07, 6.45) is 3.93. The Morgan fingerprint density at radius 2 is 2.00 bits per heavy atom. The minimum Gasteiger partial charge on any atom is -0.339 e. The molecule has 1 saturated heterocycles. The number of primary sulfonamides is 1. The molecule has 0 spiro atoms. The third-order valence-electron chi connectivity index (χ3n) is 5.31. The second-order valence-corrected chi connectivity index (χ2v) is 8.83. The molecule has 1 saturated carbocycles. The first-order valence-corrected chi connectivity index (χ1v) is 10.4. The summed E-state index contributed by atoms with van der Waals surface area (Å²) in [5.41, 5.74) is 6.29. The van der Waals surface area contributed by atoms with Gasteiger partial charge in [0, 0.05) is 18.7 Å². The summed E-state index contributed by atoms with van der Waals surface area (Å²) < 4.78 is 28.5. The van der Waals surface area contributed by atoms with Crippen molar-refractivity contribution in [2.24, 2.45) is 10.9 Å². The van der Waals surface area contributed by atoms with Crippen LogP contribution in [0.5, 0.6) is 0 Å². The van der Waals surface area contributed by atoms with Gasteiger partial charge in [-0.15, -0.1) is 0 Å². The van der Waals surface area contributed by atoms with Gasteiger partial charge in [0.25, 0.3) is 0 Å². The van der Waals surface area contributed by atoms with Crippen LogP contribution in [0.1, 0.15) is 49.7 Å². The molecule has 144 valence electrons. The molecule has 1 amide bonds. The third kappa shape index (κ3) is 3.35. The van der Waals surface area contributed by atoms with E-state index in [1.54, 1.807) is 12.1 Å². The number of aromatic nitrogens is 2. The van der Waals surface area contributed by atoms with Gasteiger partial charge in [0.2, 0.25) is 21.8 Å². The monoisotopic (exact) mass is 391 g/mol. The molecule has 1 aromatic heterocycles. The number of hydrogen-bond donors (Lipinski definition) is 2. The number of carbonyl (C=O) groups excluding carboxylic acids is 1. The first kappa shape index (κ1) is 18.1. The minimum atomic E-state index is -3.84. The first-order chi connectivity index (χ1) is 12.8. The molecular formula is C17H21N5O4S. The molecule has 1 aliphatic carbocycles. The van der Waals surface area contributed by atoms with E-state index in [2.05, 4.69) is 10.1 Å². The van der Waals surface area contributed by atoms with Crippen LogP contribution in [-0.2, 0) is 20.4 Å². The summed E-state index contributed by atoms with van der Waals surface area (Å²) in [6.45, 7) is 0.326. The Morgan fingerprint density at radius 3 is 2.70 bits per heavy atom. The molecule has 0 bridgehead atoms. The lowest BCUT2D eigenvalue weighted by molar-refractivity contribution is -0.117. The molecule has 2 aliphatic rings. The van der Waals surface area contributed by atoms with Gasteiger partial charge in [0.05, 0.1) is 16.4 Å². The lowest BCUT2D eigenvalue weighted by Crippen LogP contribution is -2.34. The molecule has 1 aliphatic heterocycles. The van der Waals surface area contributed by atoms with Gasteiger partial charge in [-0.05, 0) is 31.0 Å². The van der Waals surface area contributed by atoms with Gasteiger partial charge in [-0.2, -0.15) is 4.98 Å². The summed E-state index contributed by atoms with van der Waals surface area (Å²) in [5.74, 6) is 0.480. The number of benzene rings is 1. The van der Waals surface area contributed by atoms with E-state index in [-0.39, 0.29) is 23.1 Å². The quantitative estimate of drug-likeness (QED) is 0.789. The summed E-state index contributed by atoms with van der Waals surface area (Å²) in [6, 6.07) is 6.01. The normalized spacial score (nSPS) is 22.5. The van der Waals surface area contributed by atoms with Gasteiger partial charge >= 0.3 is 0 Å². The van der Waals surface area contributed by atoms with Gasteiger partial charge in [-0.3, -0.25) is 4.79 Å². The maximum atomic E-state index is 12.5. The molecule has 1 aromatic carbocycles. The second-order valence-electron chi connectivity index (χ2n) is 7.27. The molecule has 2 heterocycles. The van der Waals surface area contributed by atoms with E-state index in [1.807, 2.05) is 0 Å². The average molecular weight is 391 g/mol. The van der Waals surface area contributed by atoms with Crippen molar-refractivity contribution in [2.75, 3.05) is 11.4 Å². The highest BCUT2D eigenvalue weighted by atomic mass is 32.2. The predicted octanol–water partition coefficient (Wildman–Crippen LogP) is 0.965. The Morgan fingerprint density at radius 1 is 1.26 bits per heavy atom. The number of anilines is 1. The number of sulfonamides is 1. The minimum absolute atomic E-state index is 0.0392. The smallest absolute Gasteiger partial charge is 0.238 e. The fourth-order valence-corrected chi connectivity index (χ4v) is 4.34. The van der Waals surface area contributed by atoms with E-state index in [4.69, 9.17) is 15.4 Å². The SMILES string of the molecule is NC1(c2noc(C3CC(=O)N(c4cccc(S(N)(=O)=O)c4)C3)n2)CCCC1. The van der Waals surface area contributed by atoms with Crippen LogP contribution in [0.3, 0.4) is 0 Å². The molecule has 2 fully saturated rings. The van der Waals surface area contributed by atoms with E-state index >= 15 is 0 Å². The van der Waals surface area contributed by atoms with Crippen LogP contribution in [0.15, 0.2) is 33.7 Å². The van der Waals surface area contributed by atoms with Gasteiger partial charge in [0.15, 0.2) is 5.82 Å². The fourth-order valence-electron chi connectivity index (χ4n) is 3.78. The second kappa shape index (κ2) is 6.39. The number of nitrogens with zero attached hydrogens (tertiary/aromatic N) is 3. The van der Waals surface area contributed by atoms with Crippen LogP contribution in [-0.4, -0.2) is 31.0 Å². The summed E-state index contributed by atoms with van der Waals surface area (Å²) in [4.78, 5) is 18.4. The highest BCUT2D eigenvalue weighted by molar-refractivity contribution is 7.89. The predicted molar refractivity (Wildman–Crippen MR) is 96.2 cm³/mol. The number of hydrogen-bond acceptors (Lipinski definition) is 7. The average Bonchev–Trinajstić information content (AvgIpc) is 3.34. The first-order valence-electron chi connectivity index (χ1n) is 8.82. The van der Waals surface area contributed by atoms with Crippen LogP contribution in [0.2, 0.25) is 0 Å². The summed E-state index contributed by atoms with van der Waals surface area (Å²) >= 11 is 0. The molecule has 0 radical (unpaired) electrons. The Labute approximate surface area is 156 Å². The van der Waals surface area contributed by atoms with Crippen molar-refractivity contribution < 1.29 is 17.7 Å². The van der Waals surface area contributed by atoms with Crippen molar-refractivity contribution in [1.82, 2.24) is 10.1 Å². The summed E-state index contributed by atoms with van der Waals surface area (Å²) in [5, 5.41) is 9.22. The lowest BCUT2D eigenvalue weighted by Gasteiger charge is -2.18. The van der Waals surface area contributed by atoms with E-state index in [1.165, 1.54) is 17.0 Å². The number of nitrogens with two attached hydrogens (primary N) is 2. The van der Waals surface area contributed by atoms with E-state index in [0.29, 0.717) is 23.9 Å². The van der Waals surface area contributed by atoms with Crippen molar-refractivity contribution >= 4 is 21.6 Å². The Kier molecular flexibility index (Phi) is 4.28. The topological polar surface area (TPSA) is 145 Å². The standard InChI is InChI=1S/C17H21N5O4S/c18-17(6-1-2-7-17)16-20-15(26-21-16)11-8-14(23)22(10-11)12-4-3-5-13(9-12)27(19,24)25/h3-5,9,11H,1-2,6-8,10,18H2,(H2,19,24,25). The van der Waals surface area contributed by atoms with Crippen molar-refractivity contribution in [2.45, 2.75) is 48.5 Å². The van der Waals surface area contributed by atoms with Crippen LogP contribution in [0.25, 0.3) is 0 Å². The van der Waals surface area contributed by atoms with Crippen LogP contribution < -0.4 is 15.8 Å².